The molecule has 0 saturated carbocycles. The number of ketones is 1. The fourth-order valence-electron chi connectivity index (χ4n) is 3.02. The van der Waals surface area contributed by atoms with Crippen LogP contribution in [0.5, 0.6) is 0 Å². The summed E-state index contributed by atoms with van der Waals surface area (Å²) in [5.41, 5.74) is 3.62. The molecule has 4 rings (SSSR count). The number of Topliss-reactive ketones (excluding diaryl/α,β-unsaturated/α-hetero) is 1. The number of para-hydroxylation sites is 1. The molecule has 1 aliphatic carbocycles. The zero-order chi connectivity index (χ0) is 16.8. The second kappa shape index (κ2) is 5.20. The number of anilines is 1. The number of rotatable bonds is 2. The first-order valence-corrected chi connectivity index (χ1v) is 7.72. The number of carbonyl (C=O) groups is 1. The first-order chi connectivity index (χ1) is 11.6. The lowest BCUT2D eigenvalue weighted by Crippen LogP contribution is -2.08. The zero-order valence-electron chi connectivity index (χ0n) is 13.4. The van der Waals surface area contributed by atoms with Gasteiger partial charge in [-0.25, -0.2) is 4.98 Å². The normalized spacial score (nSPS) is 13.5. The van der Waals surface area contributed by atoms with Crippen LogP contribution in [-0.2, 0) is 0 Å². The molecule has 0 aliphatic heterocycles. The monoisotopic (exact) mass is 316 g/mol. The Morgan fingerprint density at radius 3 is 2.42 bits per heavy atom. The van der Waals surface area contributed by atoms with Gasteiger partial charge in [-0.3, -0.25) is 4.79 Å². The molecule has 1 aromatic heterocycles. The molecule has 0 spiro atoms. The van der Waals surface area contributed by atoms with Gasteiger partial charge < -0.3 is 10.0 Å². The Morgan fingerprint density at radius 1 is 1.00 bits per heavy atom. The van der Waals surface area contributed by atoms with E-state index in [1.54, 1.807) is 0 Å². The number of hydrogen-bond acceptors (Lipinski definition) is 4. The predicted molar refractivity (Wildman–Crippen MR) is 96.3 cm³/mol. The molecule has 3 aromatic rings. The van der Waals surface area contributed by atoms with Gasteiger partial charge in [0.25, 0.3) is 0 Å². The van der Waals surface area contributed by atoms with E-state index >= 15 is 0 Å². The summed E-state index contributed by atoms with van der Waals surface area (Å²) in [5.74, 6) is -0.225. The van der Waals surface area contributed by atoms with Crippen molar-refractivity contribution in [1.82, 2.24) is 4.98 Å². The van der Waals surface area contributed by atoms with Crippen molar-refractivity contribution in [3.05, 3.63) is 71.4 Å². The largest absolute Gasteiger partial charge is 0.506 e. The van der Waals surface area contributed by atoms with Crippen molar-refractivity contribution >= 4 is 33.7 Å². The van der Waals surface area contributed by atoms with E-state index in [1.165, 1.54) is 0 Å². The summed E-state index contributed by atoms with van der Waals surface area (Å²) in [4.78, 5) is 19.2. The minimum Gasteiger partial charge on any atom is -0.506 e. The number of allylic oxidation sites excluding steroid dienone is 1. The Balaban J connectivity index is 1.85. The minimum absolute atomic E-state index is 0.00542. The molecular formula is C20H16N2O2. The Kier molecular flexibility index (Phi) is 3.13. The highest BCUT2D eigenvalue weighted by Gasteiger charge is 2.32. The molecule has 0 atom stereocenters. The van der Waals surface area contributed by atoms with Crippen LogP contribution in [0.15, 0.2) is 54.6 Å². The van der Waals surface area contributed by atoms with Crippen molar-refractivity contribution in [1.29, 1.82) is 0 Å². The Bertz CT molecular complexity index is 1000. The lowest BCUT2D eigenvalue weighted by Gasteiger charge is -2.12. The third-order valence-corrected chi connectivity index (χ3v) is 4.33. The second-order valence-corrected chi connectivity index (χ2v) is 6.07. The number of carbonyl (C=O) groups excluding carboxylic acids is 1. The quantitative estimate of drug-likeness (QED) is 0.778. The average Bonchev–Trinajstić information content (AvgIpc) is 2.84. The molecule has 24 heavy (non-hydrogen) atoms. The third-order valence-electron chi connectivity index (χ3n) is 4.33. The molecule has 4 nitrogen and oxygen atoms in total. The Labute approximate surface area is 139 Å². The molecule has 4 heteroatoms. The first-order valence-electron chi connectivity index (χ1n) is 7.72. The Hall–Kier alpha value is -3.14. The number of benzene rings is 2. The molecule has 0 bridgehead atoms. The Morgan fingerprint density at radius 2 is 1.71 bits per heavy atom. The van der Waals surface area contributed by atoms with E-state index in [2.05, 4.69) is 4.98 Å². The summed E-state index contributed by atoms with van der Waals surface area (Å²) in [6.45, 7) is 0. The van der Waals surface area contributed by atoms with Crippen LogP contribution < -0.4 is 4.90 Å². The fourth-order valence-corrected chi connectivity index (χ4v) is 3.02. The molecular weight excluding hydrogens is 300 g/mol. The van der Waals surface area contributed by atoms with Crippen molar-refractivity contribution < 1.29 is 9.90 Å². The van der Waals surface area contributed by atoms with Gasteiger partial charge in [0.15, 0.2) is 0 Å². The maximum absolute atomic E-state index is 12.8. The number of pyridine rings is 1. The number of aliphatic hydroxyl groups excluding tert-OH is 1. The summed E-state index contributed by atoms with van der Waals surface area (Å²) >= 11 is 0. The fraction of sp³-hybridized carbons (Fsp3) is 0.100. The number of fused-ring (bicyclic) bond motifs is 2. The van der Waals surface area contributed by atoms with Crippen LogP contribution in [0.25, 0.3) is 22.2 Å². The average molecular weight is 316 g/mol. The highest BCUT2D eigenvalue weighted by atomic mass is 16.3. The molecule has 0 saturated heterocycles. The summed E-state index contributed by atoms with van der Waals surface area (Å²) in [7, 11) is 3.91. The van der Waals surface area contributed by atoms with E-state index in [4.69, 9.17) is 0 Å². The van der Waals surface area contributed by atoms with Crippen LogP contribution >= 0.6 is 0 Å². The topological polar surface area (TPSA) is 53.4 Å². The number of hydrogen-bond donors (Lipinski definition) is 1. The maximum atomic E-state index is 12.8. The maximum Gasteiger partial charge on any atom is 0.216 e. The van der Waals surface area contributed by atoms with Crippen molar-refractivity contribution in [2.24, 2.45) is 0 Å². The molecule has 2 aromatic carbocycles. The molecule has 1 aliphatic rings. The lowest BCUT2D eigenvalue weighted by atomic mass is 10.0. The number of aliphatic hydroxyl groups is 1. The number of aromatic nitrogens is 1. The van der Waals surface area contributed by atoms with Crippen LogP contribution in [0.1, 0.15) is 21.6 Å². The van der Waals surface area contributed by atoms with Gasteiger partial charge in [-0.1, -0.05) is 30.3 Å². The lowest BCUT2D eigenvalue weighted by molar-refractivity contribution is 0.105. The van der Waals surface area contributed by atoms with Gasteiger partial charge in [0.1, 0.15) is 11.5 Å². The van der Waals surface area contributed by atoms with Crippen LogP contribution in [0, 0.1) is 0 Å². The highest BCUT2D eigenvalue weighted by molar-refractivity contribution is 6.38. The van der Waals surface area contributed by atoms with Crippen LogP contribution in [0.4, 0.5) is 5.69 Å². The number of nitrogens with zero attached hydrogens (tertiary/aromatic N) is 2. The molecule has 118 valence electrons. The standard InChI is InChI=1S/C20H16N2O2/c1-22(2)14-9-7-12(8-10-14)17-19(23)15-11-13-5-3-4-6-16(13)21-18(15)20(17)24/h3-11,23H,1-2H3. The first kappa shape index (κ1) is 14.5. The highest BCUT2D eigenvalue weighted by Crippen LogP contribution is 2.37. The van der Waals surface area contributed by atoms with Crippen LogP contribution in [0.3, 0.4) is 0 Å². The van der Waals surface area contributed by atoms with E-state index in [-0.39, 0.29) is 11.5 Å². The molecule has 0 fully saturated rings. The molecule has 0 amide bonds. The van der Waals surface area contributed by atoms with Gasteiger partial charge in [-0.15, -0.1) is 0 Å². The zero-order valence-corrected chi connectivity index (χ0v) is 13.4. The molecule has 0 radical (unpaired) electrons. The van der Waals surface area contributed by atoms with Gasteiger partial charge in [0.05, 0.1) is 11.1 Å². The predicted octanol–water partition coefficient (Wildman–Crippen LogP) is 3.92. The summed E-state index contributed by atoms with van der Waals surface area (Å²) in [6, 6.07) is 17.0. The summed E-state index contributed by atoms with van der Waals surface area (Å²) < 4.78 is 0. The van der Waals surface area contributed by atoms with Crippen LogP contribution in [-0.4, -0.2) is 30.0 Å². The van der Waals surface area contributed by atoms with E-state index in [9.17, 15) is 9.90 Å². The van der Waals surface area contributed by atoms with Gasteiger partial charge in [0.2, 0.25) is 5.78 Å². The molecule has 0 unspecified atom stereocenters. The molecule has 1 heterocycles. The van der Waals surface area contributed by atoms with Crippen molar-refractivity contribution in [3.8, 4) is 0 Å². The summed E-state index contributed by atoms with van der Waals surface area (Å²) in [5, 5.41) is 11.5. The van der Waals surface area contributed by atoms with Crippen molar-refractivity contribution in [2.45, 2.75) is 0 Å². The second-order valence-electron chi connectivity index (χ2n) is 6.07. The van der Waals surface area contributed by atoms with Gasteiger partial charge in [-0.2, -0.15) is 0 Å². The van der Waals surface area contributed by atoms with E-state index in [1.807, 2.05) is 73.6 Å². The van der Waals surface area contributed by atoms with Gasteiger partial charge in [-0.05, 0) is 29.8 Å². The van der Waals surface area contributed by atoms with Gasteiger partial charge >= 0.3 is 0 Å². The molecule has 1 N–H and O–H groups in total. The van der Waals surface area contributed by atoms with Crippen LogP contribution in [0.2, 0.25) is 0 Å². The van der Waals surface area contributed by atoms with Crippen molar-refractivity contribution in [2.75, 3.05) is 19.0 Å². The van der Waals surface area contributed by atoms with E-state index < -0.39 is 0 Å². The van der Waals surface area contributed by atoms with Gasteiger partial charge in [0, 0.05) is 30.7 Å². The van der Waals surface area contributed by atoms with E-state index in [0.29, 0.717) is 22.4 Å². The SMILES string of the molecule is CN(C)c1ccc(C2=C(O)c3cc4ccccc4nc3C2=O)cc1. The smallest absolute Gasteiger partial charge is 0.216 e. The van der Waals surface area contributed by atoms with Crippen molar-refractivity contribution in [3.63, 3.8) is 0 Å². The third kappa shape index (κ3) is 2.07. The van der Waals surface area contributed by atoms with E-state index in [0.717, 1.165) is 16.6 Å². The summed E-state index contributed by atoms with van der Waals surface area (Å²) in [6.07, 6.45) is 0. The minimum atomic E-state index is -0.231.